The molecule has 2 rings (SSSR count). The van der Waals surface area contributed by atoms with Crippen LogP contribution in [0.3, 0.4) is 0 Å². The first-order valence-electron chi connectivity index (χ1n) is 4.96. The Morgan fingerprint density at radius 3 is 3.00 bits per heavy atom. The molecule has 7 heteroatoms. The Hall–Kier alpha value is -1.56. The summed E-state index contributed by atoms with van der Waals surface area (Å²) in [7, 11) is 0. The minimum Gasteiger partial charge on any atom is -0.393 e. The van der Waals surface area contributed by atoms with Gasteiger partial charge in [0.05, 0.1) is 6.54 Å². The van der Waals surface area contributed by atoms with Gasteiger partial charge in [-0.05, 0) is 12.8 Å². The molecule has 0 atom stereocenters. The lowest BCUT2D eigenvalue weighted by Gasteiger charge is -2.08. The lowest BCUT2D eigenvalue weighted by Crippen LogP contribution is -2.31. The molecule has 0 radical (unpaired) electrons. The van der Waals surface area contributed by atoms with Gasteiger partial charge in [-0.3, -0.25) is 4.79 Å². The first-order valence-corrected chi connectivity index (χ1v) is 5.34. The van der Waals surface area contributed by atoms with Crippen LogP contribution in [0.25, 0.3) is 0 Å². The van der Waals surface area contributed by atoms with E-state index in [1.165, 1.54) is 6.33 Å². The van der Waals surface area contributed by atoms with Gasteiger partial charge in [-0.25, -0.2) is 9.97 Å². The number of aromatic nitrogens is 2. The molecule has 1 amide bonds. The van der Waals surface area contributed by atoms with Crippen molar-refractivity contribution < 1.29 is 4.79 Å². The molecular weight excluding hydrogens is 230 g/mol. The monoisotopic (exact) mass is 241 g/mol. The zero-order valence-corrected chi connectivity index (χ0v) is 9.29. The van der Waals surface area contributed by atoms with E-state index in [1.807, 2.05) is 0 Å². The van der Waals surface area contributed by atoms with Crippen LogP contribution in [-0.4, -0.2) is 28.5 Å². The highest BCUT2D eigenvalue weighted by atomic mass is 35.5. The fourth-order valence-electron chi connectivity index (χ4n) is 1.19. The third-order valence-corrected chi connectivity index (χ3v) is 2.50. The molecule has 1 aromatic heterocycles. The second-order valence-electron chi connectivity index (χ2n) is 3.62. The van der Waals surface area contributed by atoms with E-state index in [0.29, 0.717) is 11.9 Å². The number of halogens is 1. The van der Waals surface area contributed by atoms with Gasteiger partial charge < -0.3 is 16.4 Å². The average Bonchev–Trinajstić information content (AvgIpc) is 3.04. The van der Waals surface area contributed by atoms with E-state index < -0.39 is 0 Å². The van der Waals surface area contributed by atoms with E-state index in [2.05, 4.69) is 20.6 Å². The maximum Gasteiger partial charge on any atom is 0.239 e. The Morgan fingerprint density at radius 2 is 2.31 bits per heavy atom. The molecule has 1 aliphatic carbocycles. The van der Waals surface area contributed by atoms with Gasteiger partial charge >= 0.3 is 0 Å². The van der Waals surface area contributed by atoms with Gasteiger partial charge in [0.25, 0.3) is 0 Å². The van der Waals surface area contributed by atoms with Crippen molar-refractivity contribution in [1.29, 1.82) is 0 Å². The number of amides is 1. The molecular formula is C9H12ClN5O. The number of carbonyl (C=O) groups is 1. The molecule has 6 nitrogen and oxygen atoms in total. The highest BCUT2D eigenvalue weighted by Gasteiger charge is 2.23. The van der Waals surface area contributed by atoms with Crippen LogP contribution in [-0.2, 0) is 4.79 Å². The van der Waals surface area contributed by atoms with Gasteiger partial charge in [0.15, 0.2) is 11.0 Å². The first-order chi connectivity index (χ1) is 7.66. The summed E-state index contributed by atoms with van der Waals surface area (Å²) in [6.07, 6.45) is 3.42. The maximum absolute atomic E-state index is 11.4. The van der Waals surface area contributed by atoms with Crippen molar-refractivity contribution in [1.82, 2.24) is 15.3 Å². The highest BCUT2D eigenvalue weighted by Crippen LogP contribution is 2.21. The van der Waals surface area contributed by atoms with E-state index in [-0.39, 0.29) is 23.3 Å². The summed E-state index contributed by atoms with van der Waals surface area (Å²) in [6, 6.07) is 0.348. The van der Waals surface area contributed by atoms with E-state index in [1.54, 1.807) is 0 Å². The van der Waals surface area contributed by atoms with Crippen LogP contribution in [0.1, 0.15) is 12.8 Å². The van der Waals surface area contributed by atoms with Crippen LogP contribution in [0.5, 0.6) is 0 Å². The van der Waals surface area contributed by atoms with Crippen molar-refractivity contribution in [2.24, 2.45) is 0 Å². The molecule has 0 unspecified atom stereocenters. The molecule has 1 saturated carbocycles. The van der Waals surface area contributed by atoms with Gasteiger partial charge in [-0.15, -0.1) is 0 Å². The van der Waals surface area contributed by atoms with Gasteiger partial charge in [-0.2, -0.15) is 0 Å². The van der Waals surface area contributed by atoms with Crippen molar-refractivity contribution in [3.05, 3.63) is 11.5 Å². The molecule has 1 aromatic rings. The lowest BCUT2D eigenvalue weighted by molar-refractivity contribution is -0.119. The van der Waals surface area contributed by atoms with E-state index in [9.17, 15) is 4.79 Å². The Kier molecular flexibility index (Phi) is 3.09. The third-order valence-electron chi connectivity index (χ3n) is 2.19. The number of hydrogen-bond donors (Lipinski definition) is 3. The summed E-state index contributed by atoms with van der Waals surface area (Å²) in [5.74, 6) is 0.308. The molecule has 0 bridgehead atoms. The molecule has 0 aromatic carbocycles. The number of rotatable bonds is 4. The van der Waals surface area contributed by atoms with Gasteiger partial charge in [0.2, 0.25) is 5.91 Å². The second-order valence-corrected chi connectivity index (χ2v) is 3.98. The summed E-state index contributed by atoms with van der Waals surface area (Å²) in [5, 5.41) is 5.83. The van der Waals surface area contributed by atoms with Crippen LogP contribution < -0.4 is 16.4 Å². The Balaban J connectivity index is 1.88. The number of nitrogens with one attached hydrogen (secondary N) is 2. The number of nitrogen functional groups attached to an aromatic ring is 1. The predicted octanol–water partition coefficient (Wildman–Crippen LogP) is 0.403. The molecule has 0 aliphatic heterocycles. The predicted molar refractivity (Wildman–Crippen MR) is 61.1 cm³/mol. The smallest absolute Gasteiger partial charge is 0.239 e. The SMILES string of the molecule is Nc1c(Cl)ncnc1NCC(=O)NC1CC1. The van der Waals surface area contributed by atoms with Crippen LogP contribution in [0, 0.1) is 0 Å². The van der Waals surface area contributed by atoms with E-state index >= 15 is 0 Å². The molecule has 1 heterocycles. The first kappa shape index (κ1) is 10.9. The Labute approximate surface area is 97.6 Å². The summed E-state index contributed by atoms with van der Waals surface area (Å²) in [5.41, 5.74) is 5.88. The molecule has 4 N–H and O–H groups in total. The normalized spacial score (nSPS) is 14.6. The largest absolute Gasteiger partial charge is 0.393 e. The quantitative estimate of drug-likeness (QED) is 0.664. The van der Waals surface area contributed by atoms with Crippen LogP contribution in [0.15, 0.2) is 6.33 Å². The minimum atomic E-state index is -0.0726. The zero-order valence-electron chi connectivity index (χ0n) is 8.53. The Morgan fingerprint density at radius 1 is 1.56 bits per heavy atom. The summed E-state index contributed by atoms with van der Waals surface area (Å²) in [4.78, 5) is 19.0. The number of hydrogen-bond acceptors (Lipinski definition) is 5. The van der Waals surface area contributed by atoms with Crippen molar-refractivity contribution in [3.8, 4) is 0 Å². The molecule has 86 valence electrons. The molecule has 0 saturated heterocycles. The molecule has 1 fully saturated rings. The van der Waals surface area contributed by atoms with Crippen molar-refractivity contribution in [3.63, 3.8) is 0 Å². The zero-order chi connectivity index (χ0) is 11.5. The topological polar surface area (TPSA) is 92.9 Å². The minimum absolute atomic E-state index is 0.0726. The Bertz CT molecular complexity index is 407. The maximum atomic E-state index is 11.4. The van der Waals surface area contributed by atoms with Crippen molar-refractivity contribution in [2.45, 2.75) is 18.9 Å². The second kappa shape index (κ2) is 4.52. The van der Waals surface area contributed by atoms with Gasteiger partial charge in [-0.1, -0.05) is 11.6 Å². The summed E-state index contributed by atoms with van der Waals surface area (Å²) < 4.78 is 0. The lowest BCUT2D eigenvalue weighted by atomic mass is 10.4. The molecule has 1 aliphatic rings. The van der Waals surface area contributed by atoms with Crippen LogP contribution in [0.4, 0.5) is 11.5 Å². The third kappa shape index (κ3) is 2.73. The van der Waals surface area contributed by atoms with Crippen LogP contribution in [0.2, 0.25) is 5.15 Å². The fourth-order valence-corrected chi connectivity index (χ4v) is 1.32. The number of nitrogens with zero attached hydrogens (tertiary/aromatic N) is 2. The molecule has 0 spiro atoms. The van der Waals surface area contributed by atoms with E-state index in [4.69, 9.17) is 17.3 Å². The summed E-state index contributed by atoms with van der Waals surface area (Å²) >= 11 is 5.71. The number of carbonyl (C=O) groups excluding carboxylic acids is 1. The number of anilines is 2. The van der Waals surface area contributed by atoms with Crippen LogP contribution >= 0.6 is 11.6 Å². The fraction of sp³-hybridized carbons (Fsp3) is 0.444. The molecule has 16 heavy (non-hydrogen) atoms. The van der Waals surface area contributed by atoms with Crippen molar-refractivity contribution >= 4 is 29.0 Å². The van der Waals surface area contributed by atoms with Crippen molar-refractivity contribution in [2.75, 3.05) is 17.6 Å². The summed E-state index contributed by atoms with van der Waals surface area (Å²) in [6.45, 7) is 0.133. The average molecular weight is 242 g/mol. The van der Waals surface area contributed by atoms with Gasteiger partial charge in [0.1, 0.15) is 12.0 Å². The van der Waals surface area contributed by atoms with Gasteiger partial charge in [0, 0.05) is 6.04 Å². The van der Waals surface area contributed by atoms with E-state index in [0.717, 1.165) is 12.8 Å². The highest BCUT2D eigenvalue weighted by molar-refractivity contribution is 6.32. The number of nitrogens with two attached hydrogens (primary N) is 1. The standard InChI is InChI=1S/C9H12ClN5O/c10-8-7(11)9(14-4-13-8)12-3-6(16)15-5-1-2-5/h4-5H,1-3,11H2,(H,15,16)(H,12,13,14).